The number of benzene rings is 2. The number of rotatable bonds is 3. The highest BCUT2D eigenvalue weighted by Crippen LogP contribution is 2.33. The van der Waals surface area contributed by atoms with Gasteiger partial charge in [0.1, 0.15) is 0 Å². The molecule has 1 aliphatic rings. The highest BCUT2D eigenvalue weighted by molar-refractivity contribution is 6.42. The molecule has 0 fully saturated rings. The van der Waals surface area contributed by atoms with Gasteiger partial charge < -0.3 is 10.2 Å². The van der Waals surface area contributed by atoms with Gasteiger partial charge in [-0.3, -0.25) is 9.59 Å². The van der Waals surface area contributed by atoms with Crippen LogP contribution >= 0.6 is 23.2 Å². The van der Waals surface area contributed by atoms with Crippen molar-refractivity contribution in [2.75, 3.05) is 12.4 Å². The van der Waals surface area contributed by atoms with Gasteiger partial charge >= 0.3 is 0 Å². The first-order chi connectivity index (χ1) is 11.5. The molecule has 0 saturated heterocycles. The molecule has 2 aromatic rings. The lowest BCUT2D eigenvalue weighted by molar-refractivity contribution is -0.134. The van der Waals surface area contributed by atoms with E-state index in [1.165, 1.54) is 0 Å². The maximum Gasteiger partial charge on any atom is 0.230 e. The number of nitrogens with zero attached hydrogens (tertiary/aromatic N) is 1. The summed E-state index contributed by atoms with van der Waals surface area (Å²) in [7, 11) is 1.72. The van der Waals surface area contributed by atoms with Gasteiger partial charge in [0.15, 0.2) is 0 Å². The first kappa shape index (κ1) is 16.8. The molecule has 1 unspecified atom stereocenters. The smallest absolute Gasteiger partial charge is 0.230 e. The Hall–Kier alpha value is -2.04. The van der Waals surface area contributed by atoms with Crippen molar-refractivity contribution in [3.63, 3.8) is 0 Å². The number of anilines is 1. The molecule has 4 nitrogen and oxygen atoms in total. The summed E-state index contributed by atoms with van der Waals surface area (Å²) in [4.78, 5) is 26.3. The summed E-state index contributed by atoms with van der Waals surface area (Å²) in [5.74, 6) is -0.707. The Balaban J connectivity index is 1.80. The Morgan fingerprint density at radius 3 is 2.71 bits per heavy atom. The summed E-state index contributed by atoms with van der Waals surface area (Å²) in [5.41, 5.74) is 2.44. The molecule has 1 aliphatic heterocycles. The number of halogens is 2. The van der Waals surface area contributed by atoms with Gasteiger partial charge in [-0.05, 0) is 29.3 Å². The topological polar surface area (TPSA) is 49.4 Å². The minimum Gasteiger partial charge on any atom is -0.341 e. The van der Waals surface area contributed by atoms with E-state index >= 15 is 0 Å². The summed E-state index contributed by atoms with van der Waals surface area (Å²) in [6, 6.07) is 12.7. The Labute approximate surface area is 150 Å². The average molecular weight is 363 g/mol. The van der Waals surface area contributed by atoms with E-state index < -0.39 is 5.92 Å². The number of amides is 2. The van der Waals surface area contributed by atoms with Gasteiger partial charge in [-0.15, -0.1) is 0 Å². The molecule has 0 aromatic heterocycles. The fraction of sp³-hybridized carbons (Fsp3) is 0.222. The van der Waals surface area contributed by atoms with Crippen LogP contribution in [0.1, 0.15) is 23.5 Å². The third-order valence-electron chi connectivity index (χ3n) is 4.08. The molecule has 0 radical (unpaired) electrons. The van der Waals surface area contributed by atoms with Gasteiger partial charge in [0, 0.05) is 25.7 Å². The van der Waals surface area contributed by atoms with E-state index in [4.69, 9.17) is 23.2 Å². The van der Waals surface area contributed by atoms with Crippen LogP contribution in [0.2, 0.25) is 10.0 Å². The molecule has 3 rings (SSSR count). The van der Waals surface area contributed by atoms with Crippen molar-refractivity contribution in [1.82, 2.24) is 4.90 Å². The molecular weight excluding hydrogens is 347 g/mol. The molecule has 2 amide bonds. The van der Waals surface area contributed by atoms with E-state index in [9.17, 15) is 9.59 Å². The normalized spacial score (nSPS) is 16.3. The van der Waals surface area contributed by atoms with Crippen molar-refractivity contribution in [2.24, 2.45) is 0 Å². The Morgan fingerprint density at radius 2 is 1.96 bits per heavy atom. The molecule has 1 heterocycles. The number of para-hydroxylation sites is 1. The Morgan fingerprint density at radius 1 is 1.21 bits per heavy atom. The quantitative estimate of drug-likeness (QED) is 0.894. The second-order valence-corrected chi connectivity index (χ2v) is 6.65. The number of likely N-dealkylation sites (N-methyl/N-ethyl adjacent to an activating group) is 1. The van der Waals surface area contributed by atoms with Crippen molar-refractivity contribution >= 4 is 40.7 Å². The standard InChI is InChI=1S/C18H16Cl2N2O2/c1-22(10-11-6-7-14(19)15(20)8-11)18(24)13-9-17(23)21-16-5-3-2-4-12(13)16/h2-8,13H,9-10H2,1H3,(H,21,23). The molecule has 0 saturated carbocycles. The Kier molecular flexibility index (Phi) is 4.78. The van der Waals surface area contributed by atoms with E-state index in [-0.39, 0.29) is 18.2 Å². The zero-order valence-corrected chi connectivity index (χ0v) is 14.6. The van der Waals surface area contributed by atoms with E-state index in [2.05, 4.69) is 5.32 Å². The number of hydrogen-bond acceptors (Lipinski definition) is 2. The lowest BCUT2D eigenvalue weighted by atomic mass is 9.89. The molecule has 6 heteroatoms. The lowest BCUT2D eigenvalue weighted by Gasteiger charge is -2.28. The van der Waals surface area contributed by atoms with E-state index in [0.29, 0.717) is 22.3 Å². The zero-order valence-electron chi connectivity index (χ0n) is 13.1. The molecular formula is C18H16Cl2N2O2. The zero-order chi connectivity index (χ0) is 17.3. The van der Waals surface area contributed by atoms with Crippen LogP contribution in [0.4, 0.5) is 5.69 Å². The molecule has 2 aromatic carbocycles. The van der Waals surface area contributed by atoms with Gasteiger partial charge in [-0.1, -0.05) is 47.5 Å². The number of fused-ring (bicyclic) bond motifs is 1. The predicted octanol–water partition coefficient (Wildman–Crippen LogP) is 4.08. The fourth-order valence-electron chi connectivity index (χ4n) is 2.89. The van der Waals surface area contributed by atoms with E-state index in [1.54, 1.807) is 24.1 Å². The molecule has 0 aliphatic carbocycles. The lowest BCUT2D eigenvalue weighted by Crippen LogP contribution is -2.36. The maximum atomic E-state index is 12.8. The first-order valence-electron chi connectivity index (χ1n) is 7.53. The number of carbonyl (C=O) groups excluding carboxylic acids is 2. The van der Waals surface area contributed by atoms with Gasteiger partial charge in [-0.25, -0.2) is 0 Å². The van der Waals surface area contributed by atoms with Crippen molar-refractivity contribution in [2.45, 2.75) is 18.9 Å². The van der Waals surface area contributed by atoms with Crippen LogP contribution in [-0.2, 0) is 16.1 Å². The third-order valence-corrected chi connectivity index (χ3v) is 4.82. The van der Waals surface area contributed by atoms with Gasteiger partial charge in [0.05, 0.1) is 16.0 Å². The molecule has 0 spiro atoms. The van der Waals surface area contributed by atoms with Gasteiger partial charge in [0.2, 0.25) is 11.8 Å². The van der Waals surface area contributed by atoms with Gasteiger partial charge in [-0.2, -0.15) is 0 Å². The van der Waals surface area contributed by atoms with Crippen LogP contribution in [0.25, 0.3) is 0 Å². The van der Waals surface area contributed by atoms with Crippen LogP contribution in [0, 0.1) is 0 Å². The van der Waals surface area contributed by atoms with Gasteiger partial charge in [0.25, 0.3) is 0 Å². The summed E-state index contributed by atoms with van der Waals surface area (Å²) in [5, 5.41) is 3.74. The predicted molar refractivity (Wildman–Crippen MR) is 95.4 cm³/mol. The van der Waals surface area contributed by atoms with Crippen molar-refractivity contribution in [3.8, 4) is 0 Å². The third kappa shape index (κ3) is 3.40. The van der Waals surface area contributed by atoms with Crippen molar-refractivity contribution < 1.29 is 9.59 Å². The highest BCUT2D eigenvalue weighted by Gasteiger charge is 2.32. The van der Waals surface area contributed by atoms with Crippen LogP contribution < -0.4 is 5.32 Å². The SMILES string of the molecule is CN(Cc1ccc(Cl)c(Cl)c1)C(=O)C1CC(=O)Nc2ccccc21. The second kappa shape index (κ2) is 6.83. The van der Waals surface area contributed by atoms with Crippen LogP contribution in [0.5, 0.6) is 0 Å². The number of nitrogens with one attached hydrogen (secondary N) is 1. The summed E-state index contributed by atoms with van der Waals surface area (Å²) >= 11 is 11.9. The number of carbonyl (C=O) groups is 2. The first-order valence-corrected chi connectivity index (χ1v) is 8.29. The highest BCUT2D eigenvalue weighted by atomic mass is 35.5. The average Bonchev–Trinajstić information content (AvgIpc) is 2.56. The van der Waals surface area contributed by atoms with Crippen LogP contribution in [0.15, 0.2) is 42.5 Å². The van der Waals surface area contributed by atoms with Crippen molar-refractivity contribution in [1.29, 1.82) is 0 Å². The Bertz CT molecular complexity index is 807. The van der Waals surface area contributed by atoms with E-state index in [0.717, 1.165) is 11.1 Å². The summed E-state index contributed by atoms with van der Waals surface area (Å²) in [6.07, 6.45) is 0.154. The molecule has 1 atom stereocenters. The minimum atomic E-state index is -0.470. The maximum absolute atomic E-state index is 12.8. The van der Waals surface area contributed by atoms with Crippen LogP contribution in [-0.4, -0.2) is 23.8 Å². The second-order valence-electron chi connectivity index (χ2n) is 5.83. The minimum absolute atomic E-state index is 0.0941. The molecule has 24 heavy (non-hydrogen) atoms. The molecule has 1 N–H and O–H groups in total. The van der Waals surface area contributed by atoms with Crippen molar-refractivity contribution in [3.05, 3.63) is 63.6 Å². The fourth-order valence-corrected chi connectivity index (χ4v) is 3.21. The monoisotopic (exact) mass is 362 g/mol. The number of hydrogen-bond donors (Lipinski definition) is 1. The summed E-state index contributed by atoms with van der Waals surface area (Å²) in [6.45, 7) is 0.399. The van der Waals surface area contributed by atoms with Crippen LogP contribution in [0.3, 0.4) is 0 Å². The largest absolute Gasteiger partial charge is 0.341 e. The molecule has 0 bridgehead atoms. The molecule has 124 valence electrons. The van der Waals surface area contributed by atoms with E-state index in [1.807, 2.05) is 30.3 Å². The summed E-state index contributed by atoms with van der Waals surface area (Å²) < 4.78 is 0.